The molecule has 1 nitrogen and oxygen atoms in total. The molecule has 1 aliphatic heterocycles. The highest BCUT2D eigenvalue weighted by atomic mass is 19.1. The van der Waals surface area contributed by atoms with Crippen molar-refractivity contribution in [2.24, 2.45) is 0 Å². The average molecular weight is 225 g/mol. The Kier molecular flexibility index (Phi) is 3.54. The highest BCUT2D eigenvalue weighted by Gasteiger charge is 2.22. The number of alkyl halides is 1. The van der Waals surface area contributed by atoms with E-state index in [4.69, 9.17) is 0 Å². The highest BCUT2D eigenvalue weighted by Crippen LogP contribution is 2.32. The fourth-order valence-corrected chi connectivity index (χ4v) is 2.45. The van der Waals surface area contributed by atoms with E-state index in [1.54, 1.807) is 6.07 Å². The Morgan fingerprint density at radius 3 is 2.88 bits per heavy atom. The minimum absolute atomic E-state index is 0.246. The van der Waals surface area contributed by atoms with E-state index in [-0.39, 0.29) is 11.5 Å². The van der Waals surface area contributed by atoms with Crippen molar-refractivity contribution < 1.29 is 8.78 Å². The van der Waals surface area contributed by atoms with Crippen LogP contribution in [0.15, 0.2) is 18.2 Å². The molecule has 0 aliphatic carbocycles. The van der Waals surface area contributed by atoms with Crippen LogP contribution in [-0.2, 0) is 0 Å². The number of rotatable bonds is 2. The topological polar surface area (TPSA) is 12.0 Å². The lowest BCUT2D eigenvalue weighted by molar-refractivity contribution is 0.352. The molecule has 2 unspecified atom stereocenters. The van der Waals surface area contributed by atoms with Crippen LogP contribution in [0.25, 0.3) is 0 Å². The van der Waals surface area contributed by atoms with Crippen LogP contribution in [0.1, 0.15) is 43.0 Å². The van der Waals surface area contributed by atoms with Crippen LogP contribution in [0.4, 0.5) is 8.78 Å². The molecule has 1 aromatic carbocycles. The molecule has 1 fully saturated rings. The van der Waals surface area contributed by atoms with Crippen molar-refractivity contribution in [2.75, 3.05) is 13.1 Å². The van der Waals surface area contributed by atoms with E-state index in [2.05, 4.69) is 5.32 Å². The molecule has 3 heteroatoms. The summed E-state index contributed by atoms with van der Waals surface area (Å²) in [6.45, 7) is 3.23. The molecule has 0 spiro atoms. The smallest absolute Gasteiger partial charge is 0.129 e. The molecule has 1 heterocycles. The summed E-state index contributed by atoms with van der Waals surface area (Å²) in [5, 5.41) is 3.27. The van der Waals surface area contributed by atoms with E-state index in [1.165, 1.54) is 13.0 Å². The van der Waals surface area contributed by atoms with Gasteiger partial charge >= 0.3 is 0 Å². The molecule has 2 rings (SSSR count). The molecule has 0 bridgehead atoms. The molecule has 16 heavy (non-hydrogen) atoms. The van der Waals surface area contributed by atoms with Crippen LogP contribution in [-0.4, -0.2) is 13.1 Å². The van der Waals surface area contributed by atoms with Gasteiger partial charge in [0.15, 0.2) is 0 Å². The Morgan fingerprint density at radius 2 is 2.25 bits per heavy atom. The van der Waals surface area contributed by atoms with Crippen molar-refractivity contribution in [3.8, 4) is 0 Å². The van der Waals surface area contributed by atoms with Crippen molar-refractivity contribution in [1.29, 1.82) is 0 Å². The molecule has 1 saturated heterocycles. The molecular formula is C13H17F2N. The summed E-state index contributed by atoms with van der Waals surface area (Å²) in [5.74, 6) is -0.171. The van der Waals surface area contributed by atoms with E-state index in [9.17, 15) is 8.78 Å². The molecule has 0 amide bonds. The number of halogens is 2. The van der Waals surface area contributed by atoms with Crippen LogP contribution < -0.4 is 5.32 Å². The zero-order valence-corrected chi connectivity index (χ0v) is 9.47. The molecule has 2 atom stereocenters. The molecular weight excluding hydrogens is 208 g/mol. The summed E-state index contributed by atoms with van der Waals surface area (Å²) >= 11 is 0. The summed E-state index contributed by atoms with van der Waals surface area (Å²) in [6.07, 6.45) is 0.843. The minimum Gasteiger partial charge on any atom is -0.316 e. The third-order valence-electron chi connectivity index (χ3n) is 3.22. The summed E-state index contributed by atoms with van der Waals surface area (Å²) in [6, 6.07) is 4.86. The van der Waals surface area contributed by atoms with Gasteiger partial charge in [-0.25, -0.2) is 8.78 Å². The number of piperidine rings is 1. The summed E-state index contributed by atoms with van der Waals surface area (Å²) in [4.78, 5) is 0. The Balaban J connectivity index is 2.34. The minimum atomic E-state index is -1.24. The van der Waals surface area contributed by atoms with Gasteiger partial charge in [-0.05, 0) is 43.9 Å². The maximum atomic E-state index is 13.6. The third-order valence-corrected chi connectivity index (χ3v) is 3.22. The van der Waals surface area contributed by atoms with Gasteiger partial charge in [0.25, 0.3) is 0 Å². The predicted molar refractivity (Wildman–Crippen MR) is 60.8 cm³/mol. The van der Waals surface area contributed by atoms with Gasteiger partial charge in [-0.15, -0.1) is 0 Å². The second kappa shape index (κ2) is 4.91. The van der Waals surface area contributed by atoms with Crippen molar-refractivity contribution >= 4 is 0 Å². The van der Waals surface area contributed by atoms with Crippen molar-refractivity contribution in [1.82, 2.24) is 5.32 Å². The lowest BCUT2D eigenvalue weighted by atomic mass is 9.87. The second-order valence-corrected chi connectivity index (χ2v) is 4.40. The third kappa shape index (κ3) is 2.24. The van der Waals surface area contributed by atoms with Crippen LogP contribution in [0.2, 0.25) is 0 Å². The second-order valence-electron chi connectivity index (χ2n) is 4.40. The molecule has 1 N–H and O–H groups in total. The first-order chi connectivity index (χ1) is 7.70. The van der Waals surface area contributed by atoms with Crippen LogP contribution in [0.3, 0.4) is 0 Å². The van der Waals surface area contributed by atoms with E-state index in [0.717, 1.165) is 31.5 Å². The first kappa shape index (κ1) is 11.5. The van der Waals surface area contributed by atoms with Gasteiger partial charge in [0, 0.05) is 12.1 Å². The van der Waals surface area contributed by atoms with Crippen molar-refractivity contribution in [3.05, 3.63) is 35.1 Å². The quantitative estimate of drug-likeness (QED) is 0.814. The number of benzene rings is 1. The van der Waals surface area contributed by atoms with Crippen molar-refractivity contribution in [3.63, 3.8) is 0 Å². The fourth-order valence-electron chi connectivity index (χ4n) is 2.45. The monoisotopic (exact) mass is 225 g/mol. The zero-order chi connectivity index (χ0) is 11.5. The zero-order valence-electron chi connectivity index (χ0n) is 9.47. The Bertz CT molecular complexity index is 357. The highest BCUT2D eigenvalue weighted by molar-refractivity contribution is 5.34. The number of hydrogen-bond donors (Lipinski definition) is 1. The van der Waals surface area contributed by atoms with Gasteiger partial charge in [0.2, 0.25) is 0 Å². The van der Waals surface area contributed by atoms with E-state index in [0.29, 0.717) is 0 Å². The standard InChI is InChI=1S/C13H17F2N/c1-9(14)13-11(5-2-6-12(13)15)10-4-3-7-16-8-10/h2,5-6,9-10,16H,3-4,7-8H2,1H3. The summed E-state index contributed by atoms with van der Waals surface area (Å²) < 4.78 is 27.0. The fraction of sp³-hybridized carbons (Fsp3) is 0.538. The largest absolute Gasteiger partial charge is 0.316 e. The Hall–Kier alpha value is -0.960. The van der Waals surface area contributed by atoms with Crippen molar-refractivity contribution in [2.45, 2.75) is 31.9 Å². The SMILES string of the molecule is CC(F)c1c(F)cccc1C1CCCNC1. The van der Waals surface area contributed by atoms with Crippen LogP contribution in [0.5, 0.6) is 0 Å². The Labute approximate surface area is 94.9 Å². The average Bonchev–Trinajstić information content (AvgIpc) is 2.29. The van der Waals surface area contributed by atoms with Crippen LogP contribution >= 0.6 is 0 Å². The molecule has 0 saturated carbocycles. The Morgan fingerprint density at radius 1 is 1.44 bits per heavy atom. The molecule has 1 aromatic rings. The normalized spacial score (nSPS) is 23.1. The first-order valence-corrected chi connectivity index (χ1v) is 5.83. The predicted octanol–water partition coefficient (Wildman–Crippen LogP) is 3.32. The van der Waals surface area contributed by atoms with Gasteiger partial charge in [-0.1, -0.05) is 12.1 Å². The van der Waals surface area contributed by atoms with E-state index in [1.807, 2.05) is 6.07 Å². The lowest BCUT2D eigenvalue weighted by Gasteiger charge is -2.25. The molecule has 0 aromatic heterocycles. The molecule has 88 valence electrons. The van der Waals surface area contributed by atoms with Crippen LogP contribution in [0, 0.1) is 5.82 Å². The van der Waals surface area contributed by atoms with Gasteiger partial charge in [0.1, 0.15) is 12.0 Å². The maximum absolute atomic E-state index is 13.6. The van der Waals surface area contributed by atoms with Gasteiger partial charge in [-0.3, -0.25) is 0 Å². The van der Waals surface area contributed by atoms with Gasteiger partial charge in [-0.2, -0.15) is 0 Å². The first-order valence-electron chi connectivity index (χ1n) is 5.83. The lowest BCUT2D eigenvalue weighted by Crippen LogP contribution is -2.29. The van der Waals surface area contributed by atoms with E-state index >= 15 is 0 Å². The number of nitrogens with one attached hydrogen (secondary N) is 1. The van der Waals surface area contributed by atoms with Gasteiger partial charge in [0.05, 0.1) is 0 Å². The summed E-state index contributed by atoms with van der Waals surface area (Å²) in [7, 11) is 0. The summed E-state index contributed by atoms with van der Waals surface area (Å²) in [5.41, 5.74) is 1.08. The number of hydrogen-bond acceptors (Lipinski definition) is 1. The maximum Gasteiger partial charge on any atom is 0.129 e. The molecule has 1 aliphatic rings. The van der Waals surface area contributed by atoms with E-state index < -0.39 is 12.0 Å². The molecule has 0 radical (unpaired) electrons. The van der Waals surface area contributed by atoms with Gasteiger partial charge < -0.3 is 5.32 Å².